The average molecular weight is 258 g/mol. The Morgan fingerprint density at radius 2 is 2.00 bits per heavy atom. The molecule has 1 amide bonds. The van der Waals surface area contributed by atoms with Crippen LogP contribution in [0, 0.1) is 17.6 Å². The van der Waals surface area contributed by atoms with Crippen LogP contribution in [0.5, 0.6) is 0 Å². The van der Waals surface area contributed by atoms with Crippen LogP contribution in [-0.2, 0) is 4.79 Å². The molecule has 2 rings (SSSR count). The molecule has 1 unspecified atom stereocenters. The van der Waals surface area contributed by atoms with Crippen LogP contribution in [0.1, 0.15) is 6.42 Å². The fourth-order valence-electron chi connectivity index (χ4n) is 1.90. The first kappa shape index (κ1) is 12.0. The Labute approximate surface area is 102 Å². The van der Waals surface area contributed by atoms with Crippen molar-refractivity contribution in [3.8, 4) is 0 Å². The van der Waals surface area contributed by atoms with Gasteiger partial charge in [0.25, 0.3) is 0 Å². The van der Waals surface area contributed by atoms with Crippen molar-refractivity contribution < 1.29 is 13.6 Å². The summed E-state index contributed by atoms with van der Waals surface area (Å²) in [6, 6.07) is 1.99. The van der Waals surface area contributed by atoms with Crippen LogP contribution in [0.25, 0.3) is 0 Å². The van der Waals surface area contributed by atoms with Crippen molar-refractivity contribution in [3.05, 3.63) is 41.4 Å². The Morgan fingerprint density at radius 1 is 1.41 bits per heavy atom. The number of nitrogens with zero attached hydrogens (tertiary/aromatic N) is 1. The molecule has 0 bridgehead atoms. The van der Waals surface area contributed by atoms with Crippen molar-refractivity contribution in [1.82, 2.24) is 0 Å². The van der Waals surface area contributed by atoms with Crippen LogP contribution in [-0.4, -0.2) is 12.5 Å². The summed E-state index contributed by atoms with van der Waals surface area (Å²) in [5.74, 6) is -2.03. The zero-order valence-electron chi connectivity index (χ0n) is 8.92. The summed E-state index contributed by atoms with van der Waals surface area (Å²) in [6.45, 7) is 3.82. The Balaban J connectivity index is 2.41. The first-order chi connectivity index (χ1) is 8.02. The van der Waals surface area contributed by atoms with E-state index in [-0.39, 0.29) is 35.5 Å². The molecule has 0 aliphatic carbocycles. The number of anilines is 1. The van der Waals surface area contributed by atoms with E-state index in [1.54, 1.807) is 6.08 Å². The first-order valence-corrected chi connectivity index (χ1v) is 5.48. The maximum absolute atomic E-state index is 13.6. The van der Waals surface area contributed by atoms with Gasteiger partial charge < -0.3 is 4.90 Å². The maximum Gasteiger partial charge on any atom is 0.227 e. The van der Waals surface area contributed by atoms with E-state index in [0.29, 0.717) is 0 Å². The molecule has 1 aliphatic heterocycles. The molecule has 0 spiro atoms. The van der Waals surface area contributed by atoms with Gasteiger partial charge in [-0.05, 0) is 12.1 Å². The summed E-state index contributed by atoms with van der Waals surface area (Å²) >= 11 is 5.52. The number of carbonyl (C=O) groups excluding carboxylic acids is 1. The van der Waals surface area contributed by atoms with E-state index >= 15 is 0 Å². The third kappa shape index (κ3) is 2.17. The lowest BCUT2D eigenvalue weighted by molar-refractivity contribution is -0.117. The second kappa shape index (κ2) is 4.45. The minimum atomic E-state index is -0.826. The summed E-state index contributed by atoms with van der Waals surface area (Å²) in [4.78, 5) is 12.7. The molecule has 1 aliphatic rings. The SMILES string of the molecule is C=CC1CC(=O)N(c2c(F)cc(Cl)cc2F)C1. The highest BCUT2D eigenvalue weighted by Gasteiger charge is 2.32. The van der Waals surface area contributed by atoms with Gasteiger partial charge >= 0.3 is 0 Å². The van der Waals surface area contributed by atoms with Gasteiger partial charge in [-0.15, -0.1) is 6.58 Å². The summed E-state index contributed by atoms with van der Waals surface area (Å²) in [5, 5.41) is -0.0318. The van der Waals surface area contributed by atoms with Gasteiger partial charge in [-0.25, -0.2) is 8.78 Å². The number of carbonyl (C=O) groups is 1. The van der Waals surface area contributed by atoms with Crippen molar-refractivity contribution in [2.24, 2.45) is 5.92 Å². The monoisotopic (exact) mass is 257 g/mol. The molecule has 90 valence electrons. The van der Waals surface area contributed by atoms with Gasteiger partial charge in [0.1, 0.15) is 5.69 Å². The fraction of sp³-hybridized carbons (Fsp3) is 0.250. The van der Waals surface area contributed by atoms with Gasteiger partial charge in [-0.1, -0.05) is 17.7 Å². The number of amides is 1. The second-order valence-electron chi connectivity index (χ2n) is 3.92. The molecule has 2 nitrogen and oxygen atoms in total. The molecule has 0 saturated carbocycles. The average Bonchev–Trinajstić information content (AvgIpc) is 2.59. The van der Waals surface area contributed by atoms with Crippen molar-refractivity contribution >= 4 is 23.2 Å². The fourth-order valence-corrected chi connectivity index (χ4v) is 2.09. The van der Waals surface area contributed by atoms with Gasteiger partial charge in [0, 0.05) is 23.9 Å². The van der Waals surface area contributed by atoms with E-state index in [4.69, 9.17) is 11.6 Å². The molecule has 1 heterocycles. The molecular formula is C12H10ClF2NO. The summed E-state index contributed by atoms with van der Waals surface area (Å²) in [5.41, 5.74) is -0.330. The van der Waals surface area contributed by atoms with Crippen LogP contribution in [0.3, 0.4) is 0 Å². The van der Waals surface area contributed by atoms with Gasteiger partial charge in [-0.2, -0.15) is 0 Å². The lowest BCUT2D eigenvalue weighted by Crippen LogP contribution is -2.26. The van der Waals surface area contributed by atoms with Gasteiger partial charge in [0.15, 0.2) is 11.6 Å². The molecule has 0 N–H and O–H groups in total. The van der Waals surface area contributed by atoms with E-state index < -0.39 is 11.6 Å². The van der Waals surface area contributed by atoms with E-state index in [2.05, 4.69) is 6.58 Å². The van der Waals surface area contributed by atoms with Crippen LogP contribution < -0.4 is 4.90 Å². The zero-order valence-corrected chi connectivity index (χ0v) is 9.68. The van der Waals surface area contributed by atoms with Gasteiger partial charge in [0.05, 0.1) is 0 Å². The van der Waals surface area contributed by atoms with Crippen molar-refractivity contribution in [1.29, 1.82) is 0 Å². The van der Waals surface area contributed by atoms with E-state index in [1.807, 2.05) is 0 Å². The highest BCUT2D eigenvalue weighted by molar-refractivity contribution is 6.30. The van der Waals surface area contributed by atoms with Crippen LogP contribution in [0.2, 0.25) is 5.02 Å². The summed E-state index contributed by atoms with van der Waals surface area (Å²) in [6.07, 6.45) is 1.84. The largest absolute Gasteiger partial charge is 0.307 e. The zero-order chi connectivity index (χ0) is 12.6. The third-order valence-electron chi connectivity index (χ3n) is 2.74. The highest BCUT2D eigenvalue weighted by atomic mass is 35.5. The minimum absolute atomic E-state index is 0.0318. The molecule has 1 aromatic rings. The third-order valence-corrected chi connectivity index (χ3v) is 2.96. The topological polar surface area (TPSA) is 20.3 Å². The molecule has 1 atom stereocenters. The number of benzene rings is 1. The maximum atomic E-state index is 13.6. The van der Waals surface area contributed by atoms with E-state index in [0.717, 1.165) is 17.0 Å². The molecule has 1 aromatic carbocycles. The highest BCUT2D eigenvalue weighted by Crippen LogP contribution is 2.32. The van der Waals surface area contributed by atoms with E-state index in [1.165, 1.54) is 0 Å². The predicted octanol–water partition coefficient (Wildman–Crippen LogP) is 3.16. The predicted molar refractivity (Wildman–Crippen MR) is 62.0 cm³/mol. The second-order valence-corrected chi connectivity index (χ2v) is 4.36. The Hall–Kier alpha value is -1.42. The van der Waals surface area contributed by atoms with Crippen molar-refractivity contribution in [2.45, 2.75) is 6.42 Å². The molecule has 1 fully saturated rings. The van der Waals surface area contributed by atoms with Crippen LogP contribution >= 0.6 is 11.6 Å². The lowest BCUT2D eigenvalue weighted by Gasteiger charge is -2.17. The molecule has 1 saturated heterocycles. The molecule has 0 radical (unpaired) electrons. The summed E-state index contributed by atoms with van der Waals surface area (Å²) < 4.78 is 27.2. The van der Waals surface area contributed by atoms with Crippen molar-refractivity contribution in [2.75, 3.05) is 11.4 Å². The smallest absolute Gasteiger partial charge is 0.227 e. The van der Waals surface area contributed by atoms with Crippen molar-refractivity contribution in [3.63, 3.8) is 0 Å². The standard InChI is InChI=1S/C12H10ClF2NO/c1-2-7-3-11(17)16(6-7)12-9(14)4-8(13)5-10(12)15/h2,4-5,7H,1,3,6H2. The first-order valence-electron chi connectivity index (χ1n) is 5.10. The van der Waals surface area contributed by atoms with Gasteiger partial charge in [-0.3, -0.25) is 4.79 Å². The number of rotatable bonds is 2. The van der Waals surface area contributed by atoms with Crippen LogP contribution in [0.4, 0.5) is 14.5 Å². The molecular weight excluding hydrogens is 248 g/mol. The van der Waals surface area contributed by atoms with Gasteiger partial charge in [0.2, 0.25) is 5.91 Å². The van der Waals surface area contributed by atoms with E-state index in [9.17, 15) is 13.6 Å². The molecule has 5 heteroatoms. The lowest BCUT2D eigenvalue weighted by atomic mass is 10.1. The summed E-state index contributed by atoms with van der Waals surface area (Å²) in [7, 11) is 0. The Kier molecular flexibility index (Phi) is 3.15. The molecule has 0 aromatic heterocycles. The Morgan fingerprint density at radius 3 is 2.47 bits per heavy atom. The number of halogens is 3. The Bertz CT molecular complexity index is 466. The van der Waals surface area contributed by atoms with Crippen LogP contribution in [0.15, 0.2) is 24.8 Å². The minimum Gasteiger partial charge on any atom is -0.307 e. The quantitative estimate of drug-likeness (QED) is 0.746. The number of hydrogen-bond donors (Lipinski definition) is 0. The normalized spacial score (nSPS) is 19.8. The molecule has 17 heavy (non-hydrogen) atoms. The number of hydrogen-bond acceptors (Lipinski definition) is 1.